The third-order valence-corrected chi connectivity index (χ3v) is 2.70. The summed E-state index contributed by atoms with van der Waals surface area (Å²) in [7, 11) is 0. The Labute approximate surface area is 71.9 Å². The topological polar surface area (TPSA) is 29.4 Å². The lowest BCUT2D eigenvalue weighted by Gasteiger charge is -2.17. The fourth-order valence-electron chi connectivity index (χ4n) is 2.05. The molecule has 68 valence electrons. The Hall–Kier alpha value is -0.690. The molecule has 0 aromatic heterocycles. The Morgan fingerprint density at radius 2 is 2.42 bits per heavy atom. The van der Waals surface area contributed by atoms with Crippen molar-refractivity contribution in [1.82, 2.24) is 0 Å². The molecule has 0 heterocycles. The largest absolute Gasteiger partial charge is 0.247 e. The molecule has 3 unspecified atom stereocenters. The summed E-state index contributed by atoms with van der Waals surface area (Å²) in [5.41, 5.74) is 0. The minimum Gasteiger partial charge on any atom is -0.247 e. The molecule has 1 fully saturated rings. The zero-order valence-corrected chi connectivity index (χ0v) is 7.29. The molecule has 0 radical (unpaired) electrons. The highest BCUT2D eigenvalue weighted by molar-refractivity contribution is 5.32. The number of hydrogen-bond acceptors (Lipinski definition) is 2. The van der Waals surface area contributed by atoms with E-state index in [9.17, 15) is 9.18 Å². The molecule has 0 spiro atoms. The van der Waals surface area contributed by atoms with Gasteiger partial charge in [-0.1, -0.05) is 6.42 Å². The van der Waals surface area contributed by atoms with Gasteiger partial charge in [-0.3, -0.25) is 0 Å². The molecule has 3 atom stereocenters. The maximum atomic E-state index is 12.9. The summed E-state index contributed by atoms with van der Waals surface area (Å²) in [6.45, 7) is 2.05. The van der Waals surface area contributed by atoms with Crippen molar-refractivity contribution in [1.29, 1.82) is 0 Å². The number of isocyanates is 1. The van der Waals surface area contributed by atoms with Crippen molar-refractivity contribution in [2.24, 2.45) is 16.8 Å². The van der Waals surface area contributed by atoms with E-state index >= 15 is 0 Å². The highest BCUT2D eigenvalue weighted by Crippen LogP contribution is 2.35. The van der Waals surface area contributed by atoms with Gasteiger partial charge in [0.15, 0.2) is 0 Å². The first-order valence-corrected chi connectivity index (χ1v) is 4.43. The molecular weight excluding hydrogens is 157 g/mol. The predicted octanol–water partition coefficient (Wildman–Crippen LogP) is 2.10. The summed E-state index contributed by atoms with van der Waals surface area (Å²) in [6.07, 6.45) is 3.75. The molecule has 12 heavy (non-hydrogen) atoms. The molecule has 0 N–H and O–H groups in total. The van der Waals surface area contributed by atoms with E-state index in [0.717, 1.165) is 19.3 Å². The lowest BCUT2D eigenvalue weighted by Crippen LogP contribution is -2.19. The molecule has 2 nitrogen and oxygen atoms in total. The number of carbonyl (C=O) groups excluding carboxylic acids is 1. The Bertz CT molecular complexity index is 187. The minimum atomic E-state index is -0.764. The predicted molar refractivity (Wildman–Crippen MR) is 44.4 cm³/mol. The second kappa shape index (κ2) is 4.36. The molecule has 0 aromatic carbocycles. The Morgan fingerprint density at radius 3 is 3.00 bits per heavy atom. The number of rotatable bonds is 3. The van der Waals surface area contributed by atoms with Crippen LogP contribution in [0.1, 0.15) is 26.2 Å². The smallest absolute Gasteiger partial charge is 0.234 e. The van der Waals surface area contributed by atoms with Crippen LogP contribution in [0.2, 0.25) is 0 Å². The van der Waals surface area contributed by atoms with Crippen LogP contribution >= 0.6 is 0 Å². The van der Waals surface area contributed by atoms with Crippen LogP contribution in [0.25, 0.3) is 0 Å². The quantitative estimate of drug-likeness (QED) is 0.472. The van der Waals surface area contributed by atoms with Crippen LogP contribution in [0.15, 0.2) is 4.99 Å². The summed E-state index contributed by atoms with van der Waals surface area (Å²) in [6, 6.07) is 0. The van der Waals surface area contributed by atoms with Crippen molar-refractivity contribution in [3.05, 3.63) is 0 Å². The van der Waals surface area contributed by atoms with Crippen molar-refractivity contribution in [3.8, 4) is 0 Å². The van der Waals surface area contributed by atoms with Crippen LogP contribution < -0.4 is 0 Å². The van der Waals surface area contributed by atoms with E-state index in [4.69, 9.17) is 0 Å². The number of hydrogen-bond donors (Lipinski definition) is 0. The van der Waals surface area contributed by atoms with E-state index < -0.39 is 6.17 Å². The van der Waals surface area contributed by atoms with E-state index in [0.29, 0.717) is 6.54 Å². The van der Waals surface area contributed by atoms with Gasteiger partial charge in [0, 0.05) is 0 Å². The Balaban J connectivity index is 2.45. The summed E-state index contributed by atoms with van der Waals surface area (Å²) in [4.78, 5) is 13.4. The van der Waals surface area contributed by atoms with Gasteiger partial charge in [-0.05, 0) is 31.6 Å². The maximum Gasteiger partial charge on any atom is 0.234 e. The first-order chi connectivity index (χ1) is 5.75. The molecule has 0 aliphatic heterocycles. The van der Waals surface area contributed by atoms with Crippen molar-refractivity contribution >= 4 is 6.08 Å². The molecule has 0 aromatic rings. The zero-order chi connectivity index (χ0) is 8.97. The SMILES string of the molecule is CC(F)C1CCCC1CN=C=O. The van der Waals surface area contributed by atoms with Crippen LogP contribution in [-0.4, -0.2) is 18.8 Å². The molecular formula is C9H14FNO. The van der Waals surface area contributed by atoms with E-state index in [2.05, 4.69) is 4.99 Å². The van der Waals surface area contributed by atoms with E-state index in [1.54, 1.807) is 6.92 Å². The van der Waals surface area contributed by atoms with E-state index in [-0.39, 0.29) is 11.8 Å². The average Bonchev–Trinajstić information content (AvgIpc) is 2.48. The third-order valence-electron chi connectivity index (χ3n) is 2.70. The third kappa shape index (κ3) is 2.15. The zero-order valence-electron chi connectivity index (χ0n) is 7.29. The summed E-state index contributed by atoms with van der Waals surface area (Å²) in [5, 5.41) is 0. The summed E-state index contributed by atoms with van der Waals surface area (Å²) >= 11 is 0. The Morgan fingerprint density at radius 1 is 1.67 bits per heavy atom. The van der Waals surface area contributed by atoms with E-state index in [1.807, 2.05) is 0 Å². The summed E-state index contributed by atoms with van der Waals surface area (Å²) in [5.74, 6) is 0.383. The highest BCUT2D eigenvalue weighted by atomic mass is 19.1. The molecule has 0 bridgehead atoms. The average molecular weight is 171 g/mol. The monoisotopic (exact) mass is 171 g/mol. The van der Waals surface area contributed by atoms with Crippen LogP contribution in [0, 0.1) is 11.8 Å². The molecule has 1 aliphatic carbocycles. The normalized spacial score (nSPS) is 31.2. The lowest BCUT2D eigenvalue weighted by molar-refractivity contribution is 0.207. The second-order valence-electron chi connectivity index (χ2n) is 3.46. The second-order valence-corrected chi connectivity index (χ2v) is 3.46. The number of aliphatic imine (C=N–C) groups is 1. The maximum absolute atomic E-state index is 12.9. The first-order valence-electron chi connectivity index (χ1n) is 4.43. The molecule has 0 saturated heterocycles. The lowest BCUT2D eigenvalue weighted by atomic mass is 9.92. The van der Waals surface area contributed by atoms with Gasteiger partial charge >= 0.3 is 0 Å². The fourth-order valence-corrected chi connectivity index (χ4v) is 2.05. The van der Waals surface area contributed by atoms with Crippen molar-refractivity contribution < 1.29 is 9.18 Å². The van der Waals surface area contributed by atoms with Crippen LogP contribution in [-0.2, 0) is 4.79 Å². The van der Waals surface area contributed by atoms with Crippen LogP contribution in [0.4, 0.5) is 4.39 Å². The van der Waals surface area contributed by atoms with Gasteiger partial charge in [0.25, 0.3) is 0 Å². The van der Waals surface area contributed by atoms with Gasteiger partial charge in [-0.25, -0.2) is 14.2 Å². The van der Waals surface area contributed by atoms with Crippen molar-refractivity contribution in [2.45, 2.75) is 32.4 Å². The Kier molecular flexibility index (Phi) is 3.42. The van der Waals surface area contributed by atoms with Gasteiger partial charge in [-0.15, -0.1) is 0 Å². The van der Waals surface area contributed by atoms with E-state index in [1.165, 1.54) is 6.08 Å². The van der Waals surface area contributed by atoms with Gasteiger partial charge in [0.05, 0.1) is 6.54 Å². The van der Waals surface area contributed by atoms with Crippen molar-refractivity contribution in [3.63, 3.8) is 0 Å². The highest BCUT2D eigenvalue weighted by Gasteiger charge is 2.31. The van der Waals surface area contributed by atoms with Gasteiger partial charge in [-0.2, -0.15) is 0 Å². The molecule has 1 aliphatic rings. The number of halogens is 1. The number of alkyl halides is 1. The summed E-state index contributed by atoms with van der Waals surface area (Å²) < 4.78 is 12.9. The molecule has 3 heteroatoms. The molecule has 0 amide bonds. The standard InChI is InChI=1S/C9H14FNO/c1-7(10)9-4-2-3-8(9)5-11-6-12/h7-9H,2-5H2,1H3. The molecule has 1 saturated carbocycles. The fraction of sp³-hybridized carbons (Fsp3) is 0.889. The van der Waals surface area contributed by atoms with Crippen LogP contribution in [0.3, 0.4) is 0 Å². The van der Waals surface area contributed by atoms with Gasteiger partial charge < -0.3 is 0 Å². The number of nitrogens with zero attached hydrogens (tertiary/aromatic N) is 1. The molecule has 1 rings (SSSR count). The minimum absolute atomic E-state index is 0.113. The van der Waals surface area contributed by atoms with Crippen LogP contribution in [0.5, 0.6) is 0 Å². The van der Waals surface area contributed by atoms with Crippen molar-refractivity contribution in [2.75, 3.05) is 6.54 Å². The van der Waals surface area contributed by atoms with Gasteiger partial charge in [0.2, 0.25) is 6.08 Å². The first kappa shape index (κ1) is 9.40. The van der Waals surface area contributed by atoms with Gasteiger partial charge in [0.1, 0.15) is 6.17 Å².